The lowest BCUT2D eigenvalue weighted by Crippen LogP contribution is -2.34. The molecule has 4 heterocycles. The number of anilines is 1. The van der Waals surface area contributed by atoms with Crippen LogP contribution in [0.25, 0.3) is 0 Å². The van der Waals surface area contributed by atoms with Crippen LogP contribution in [0.5, 0.6) is 5.88 Å². The molecule has 1 aliphatic rings. The van der Waals surface area contributed by atoms with Crippen molar-refractivity contribution in [3.05, 3.63) is 42.5 Å². The highest BCUT2D eigenvalue weighted by Crippen LogP contribution is 2.32. The Labute approximate surface area is 158 Å². The second-order valence-electron chi connectivity index (χ2n) is 6.57. The summed E-state index contributed by atoms with van der Waals surface area (Å²) in [5.74, 6) is 3.81. The monoisotopic (exact) mass is 368 g/mol. The van der Waals surface area contributed by atoms with Gasteiger partial charge in [-0.2, -0.15) is 5.10 Å². The molecule has 0 aliphatic carbocycles. The van der Waals surface area contributed by atoms with E-state index in [0.29, 0.717) is 18.3 Å². The summed E-state index contributed by atoms with van der Waals surface area (Å²) >= 11 is 0. The summed E-state index contributed by atoms with van der Waals surface area (Å²) < 4.78 is 9.45. The van der Waals surface area contributed by atoms with Gasteiger partial charge in [0.15, 0.2) is 11.6 Å². The van der Waals surface area contributed by atoms with Crippen molar-refractivity contribution in [1.82, 2.24) is 34.5 Å². The lowest BCUT2D eigenvalue weighted by Gasteiger charge is -2.32. The molecule has 0 amide bonds. The van der Waals surface area contributed by atoms with E-state index in [9.17, 15) is 0 Å². The van der Waals surface area contributed by atoms with Gasteiger partial charge in [-0.15, -0.1) is 10.2 Å². The van der Waals surface area contributed by atoms with Crippen molar-refractivity contribution in [3.8, 4) is 5.88 Å². The Hall–Kier alpha value is -2.97. The van der Waals surface area contributed by atoms with Gasteiger partial charge >= 0.3 is 0 Å². The molecule has 4 rings (SSSR count). The molecule has 1 fully saturated rings. The van der Waals surface area contributed by atoms with Crippen LogP contribution in [-0.4, -0.2) is 54.7 Å². The molecular weight excluding hydrogens is 344 g/mol. The highest BCUT2D eigenvalue weighted by Gasteiger charge is 2.27. The van der Waals surface area contributed by atoms with Crippen LogP contribution < -0.4 is 9.64 Å². The Bertz CT molecular complexity index is 867. The average molecular weight is 368 g/mol. The van der Waals surface area contributed by atoms with E-state index in [-0.39, 0.29) is 0 Å². The van der Waals surface area contributed by atoms with Crippen molar-refractivity contribution in [2.75, 3.05) is 25.1 Å². The standard InChI is InChI=1S/C18H24N8O/c1-3-26-15(13-25-10-4-7-21-25)22-23-16(26)14-5-11-24(12-6-14)17-18(27-2)20-9-8-19-17/h4,7-10,14H,3,5-6,11-13H2,1-2H3. The molecule has 0 bridgehead atoms. The molecule has 3 aromatic heterocycles. The summed E-state index contributed by atoms with van der Waals surface area (Å²) in [7, 11) is 1.63. The molecule has 0 saturated carbocycles. The molecule has 1 aliphatic heterocycles. The third kappa shape index (κ3) is 3.49. The van der Waals surface area contributed by atoms with Crippen LogP contribution in [0, 0.1) is 0 Å². The Morgan fingerprint density at radius 2 is 1.93 bits per heavy atom. The molecule has 3 aromatic rings. The zero-order chi connectivity index (χ0) is 18.6. The lowest BCUT2D eigenvalue weighted by molar-refractivity contribution is 0.390. The summed E-state index contributed by atoms with van der Waals surface area (Å²) in [5, 5.41) is 13.2. The Kier molecular flexibility index (Phi) is 4.99. The second kappa shape index (κ2) is 7.73. The third-order valence-electron chi connectivity index (χ3n) is 5.03. The van der Waals surface area contributed by atoms with E-state index in [1.807, 2.05) is 16.9 Å². The predicted octanol–water partition coefficient (Wildman–Crippen LogP) is 1.73. The number of rotatable bonds is 6. The van der Waals surface area contributed by atoms with Gasteiger partial charge in [0, 0.05) is 50.3 Å². The van der Waals surface area contributed by atoms with Crippen molar-refractivity contribution in [2.24, 2.45) is 0 Å². The third-order valence-corrected chi connectivity index (χ3v) is 5.03. The van der Waals surface area contributed by atoms with Gasteiger partial charge in [0.05, 0.1) is 7.11 Å². The number of methoxy groups -OCH3 is 1. The van der Waals surface area contributed by atoms with Gasteiger partial charge in [-0.3, -0.25) is 4.68 Å². The molecule has 9 heteroatoms. The first-order chi connectivity index (χ1) is 13.3. The fourth-order valence-electron chi connectivity index (χ4n) is 3.68. The van der Waals surface area contributed by atoms with E-state index < -0.39 is 0 Å². The molecule has 9 nitrogen and oxygen atoms in total. The molecule has 1 saturated heterocycles. The fraction of sp³-hybridized carbons (Fsp3) is 0.500. The maximum absolute atomic E-state index is 5.35. The number of piperidine rings is 1. The maximum atomic E-state index is 5.35. The largest absolute Gasteiger partial charge is 0.478 e. The van der Waals surface area contributed by atoms with Crippen molar-refractivity contribution < 1.29 is 4.74 Å². The first-order valence-electron chi connectivity index (χ1n) is 9.29. The topological polar surface area (TPSA) is 86.8 Å². The van der Waals surface area contributed by atoms with Gasteiger partial charge in [0.25, 0.3) is 5.88 Å². The zero-order valence-electron chi connectivity index (χ0n) is 15.7. The summed E-state index contributed by atoms with van der Waals surface area (Å²) in [6.07, 6.45) is 9.09. The van der Waals surface area contributed by atoms with Crippen LogP contribution in [0.15, 0.2) is 30.9 Å². The van der Waals surface area contributed by atoms with E-state index in [1.54, 1.807) is 25.7 Å². The number of hydrogen-bond donors (Lipinski definition) is 0. The van der Waals surface area contributed by atoms with Crippen molar-refractivity contribution in [3.63, 3.8) is 0 Å². The summed E-state index contributed by atoms with van der Waals surface area (Å²) in [6, 6.07) is 1.92. The molecule has 0 spiro atoms. The van der Waals surface area contributed by atoms with Crippen molar-refractivity contribution in [2.45, 2.75) is 38.8 Å². The maximum Gasteiger partial charge on any atom is 0.257 e. The molecule has 142 valence electrons. The van der Waals surface area contributed by atoms with Crippen LogP contribution in [0.2, 0.25) is 0 Å². The highest BCUT2D eigenvalue weighted by atomic mass is 16.5. The molecule has 0 radical (unpaired) electrons. The summed E-state index contributed by atoms with van der Waals surface area (Å²) in [4.78, 5) is 10.9. The van der Waals surface area contributed by atoms with Crippen molar-refractivity contribution in [1.29, 1.82) is 0 Å². The minimum absolute atomic E-state index is 0.391. The zero-order valence-corrected chi connectivity index (χ0v) is 15.7. The van der Waals surface area contributed by atoms with Gasteiger partial charge < -0.3 is 14.2 Å². The van der Waals surface area contributed by atoms with Gasteiger partial charge in [-0.25, -0.2) is 9.97 Å². The second-order valence-corrected chi connectivity index (χ2v) is 6.57. The van der Waals surface area contributed by atoms with Crippen molar-refractivity contribution >= 4 is 5.82 Å². The first-order valence-corrected chi connectivity index (χ1v) is 9.29. The normalized spacial score (nSPS) is 15.3. The quantitative estimate of drug-likeness (QED) is 0.655. The highest BCUT2D eigenvalue weighted by molar-refractivity contribution is 5.48. The molecule has 0 unspecified atom stereocenters. The summed E-state index contributed by atoms with van der Waals surface area (Å²) in [6.45, 7) is 5.43. The number of hydrogen-bond acceptors (Lipinski definition) is 7. The summed E-state index contributed by atoms with van der Waals surface area (Å²) in [5.41, 5.74) is 0. The van der Waals surface area contributed by atoms with Gasteiger partial charge in [-0.1, -0.05) is 0 Å². The van der Waals surface area contributed by atoms with Crippen LogP contribution >= 0.6 is 0 Å². The Morgan fingerprint density at radius 1 is 1.11 bits per heavy atom. The number of ether oxygens (including phenoxy) is 1. The average Bonchev–Trinajstić information content (AvgIpc) is 3.38. The molecule has 27 heavy (non-hydrogen) atoms. The van der Waals surface area contributed by atoms with Gasteiger partial charge in [0.2, 0.25) is 0 Å². The van der Waals surface area contributed by atoms with Crippen LogP contribution in [0.3, 0.4) is 0 Å². The Balaban J connectivity index is 1.47. The van der Waals surface area contributed by atoms with E-state index >= 15 is 0 Å². The minimum Gasteiger partial charge on any atom is -0.478 e. The van der Waals surface area contributed by atoms with Crippen LogP contribution in [-0.2, 0) is 13.1 Å². The Morgan fingerprint density at radius 3 is 2.63 bits per heavy atom. The SMILES string of the molecule is CCn1c(Cn2cccn2)nnc1C1CCN(c2nccnc2OC)CC1. The van der Waals surface area contributed by atoms with Crippen LogP contribution in [0.1, 0.15) is 37.3 Å². The lowest BCUT2D eigenvalue weighted by atomic mass is 9.96. The number of aromatic nitrogens is 7. The predicted molar refractivity (Wildman–Crippen MR) is 99.8 cm³/mol. The number of nitrogens with zero attached hydrogens (tertiary/aromatic N) is 8. The molecule has 0 aromatic carbocycles. The molecule has 0 atom stereocenters. The van der Waals surface area contributed by atoms with Gasteiger partial charge in [0.1, 0.15) is 12.4 Å². The van der Waals surface area contributed by atoms with Crippen LogP contribution in [0.4, 0.5) is 5.82 Å². The van der Waals surface area contributed by atoms with E-state index in [2.05, 4.69) is 41.7 Å². The van der Waals surface area contributed by atoms with E-state index in [4.69, 9.17) is 4.74 Å². The van der Waals surface area contributed by atoms with E-state index in [1.165, 1.54) is 0 Å². The molecular formula is C18H24N8O. The van der Waals surface area contributed by atoms with E-state index in [0.717, 1.165) is 49.9 Å². The fourth-order valence-corrected chi connectivity index (χ4v) is 3.68. The molecule has 0 N–H and O–H groups in total. The van der Waals surface area contributed by atoms with Gasteiger partial charge in [-0.05, 0) is 25.8 Å². The smallest absolute Gasteiger partial charge is 0.257 e. The first kappa shape index (κ1) is 17.4. The minimum atomic E-state index is 0.391.